The zero-order valence-corrected chi connectivity index (χ0v) is 14.1. The molecule has 0 aliphatic carbocycles. The Labute approximate surface area is 151 Å². The second-order valence-electron chi connectivity index (χ2n) is 6.20. The molecule has 0 radical (unpaired) electrons. The van der Waals surface area contributed by atoms with E-state index < -0.39 is 6.04 Å². The van der Waals surface area contributed by atoms with E-state index in [4.69, 9.17) is 4.42 Å². The Morgan fingerprint density at radius 1 is 1.04 bits per heavy atom. The van der Waals surface area contributed by atoms with Crippen LogP contribution < -0.4 is 5.32 Å². The van der Waals surface area contributed by atoms with E-state index >= 15 is 0 Å². The lowest BCUT2D eigenvalue weighted by Gasteiger charge is -2.27. The maximum atomic E-state index is 13.0. The second-order valence-corrected chi connectivity index (χ2v) is 6.20. The fraction of sp³-hybridized carbons (Fsp3) is 0.143. The van der Waals surface area contributed by atoms with Gasteiger partial charge in [-0.15, -0.1) is 0 Å². The summed E-state index contributed by atoms with van der Waals surface area (Å²) in [5.41, 5.74) is 2.38. The highest BCUT2D eigenvalue weighted by Gasteiger charge is 2.37. The molecule has 2 heterocycles. The van der Waals surface area contributed by atoms with Gasteiger partial charge in [-0.05, 0) is 29.3 Å². The topological polar surface area (TPSA) is 62.6 Å². The minimum absolute atomic E-state index is 0.123. The lowest BCUT2D eigenvalue weighted by Crippen LogP contribution is -2.40. The molecule has 0 saturated heterocycles. The number of furan rings is 1. The van der Waals surface area contributed by atoms with Gasteiger partial charge >= 0.3 is 0 Å². The maximum Gasteiger partial charge on any atom is 0.255 e. The average Bonchev–Trinajstić information content (AvgIpc) is 3.30. The molecular formula is C21H18N2O3. The zero-order valence-electron chi connectivity index (χ0n) is 14.1. The van der Waals surface area contributed by atoms with Gasteiger partial charge in [-0.25, -0.2) is 0 Å². The lowest BCUT2D eigenvalue weighted by molar-refractivity contribution is -0.126. The molecule has 2 amide bonds. The van der Waals surface area contributed by atoms with Gasteiger partial charge in [0.2, 0.25) is 5.91 Å². The van der Waals surface area contributed by atoms with Crippen LogP contribution in [0.5, 0.6) is 0 Å². The molecular weight excluding hydrogens is 328 g/mol. The van der Waals surface area contributed by atoms with Crippen molar-refractivity contribution in [2.75, 3.05) is 0 Å². The van der Waals surface area contributed by atoms with Crippen LogP contribution in [-0.4, -0.2) is 16.7 Å². The van der Waals surface area contributed by atoms with Crippen molar-refractivity contribution in [3.63, 3.8) is 0 Å². The van der Waals surface area contributed by atoms with Gasteiger partial charge in [0.25, 0.3) is 5.91 Å². The van der Waals surface area contributed by atoms with Crippen molar-refractivity contribution in [1.82, 2.24) is 10.2 Å². The number of hydrogen-bond donors (Lipinski definition) is 1. The smallest absolute Gasteiger partial charge is 0.255 e. The van der Waals surface area contributed by atoms with Gasteiger partial charge in [-0.3, -0.25) is 9.59 Å². The standard InChI is InChI=1S/C21H18N2O3/c24-20(22-13-17-10-6-12-26-17)19(15-7-2-1-3-8-15)23-14-16-9-4-5-11-18(16)21(23)25/h1-12,19H,13-14H2,(H,22,24)/t19-/m1/s1. The molecule has 0 unspecified atom stereocenters. The molecule has 1 atom stereocenters. The van der Waals surface area contributed by atoms with Crippen molar-refractivity contribution in [2.24, 2.45) is 0 Å². The summed E-state index contributed by atoms with van der Waals surface area (Å²) in [7, 11) is 0. The van der Waals surface area contributed by atoms with Gasteiger partial charge < -0.3 is 14.6 Å². The van der Waals surface area contributed by atoms with E-state index in [1.54, 1.807) is 29.4 Å². The quantitative estimate of drug-likeness (QED) is 0.771. The highest BCUT2D eigenvalue weighted by molar-refractivity contribution is 6.01. The van der Waals surface area contributed by atoms with Gasteiger partial charge in [0.1, 0.15) is 11.8 Å². The van der Waals surface area contributed by atoms with Crippen LogP contribution in [0.25, 0.3) is 0 Å². The summed E-state index contributed by atoms with van der Waals surface area (Å²) >= 11 is 0. The van der Waals surface area contributed by atoms with Crippen LogP contribution in [0.2, 0.25) is 0 Å². The van der Waals surface area contributed by atoms with Crippen LogP contribution in [0, 0.1) is 0 Å². The fourth-order valence-electron chi connectivity index (χ4n) is 3.28. The number of fused-ring (bicyclic) bond motifs is 1. The largest absolute Gasteiger partial charge is 0.467 e. The summed E-state index contributed by atoms with van der Waals surface area (Å²) in [6.07, 6.45) is 1.57. The first kappa shape index (κ1) is 16.1. The number of nitrogens with zero attached hydrogens (tertiary/aromatic N) is 1. The van der Waals surface area contributed by atoms with E-state index in [2.05, 4.69) is 5.32 Å². The molecule has 0 spiro atoms. The first-order valence-corrected chi connectivity index (χ1v) is 8.48. The number of nitrogens with one attached hydrogen (secondary N) is 1. The molecule has 4 rings (SSSR count). The van der Waals surface area contributed by atoms with Crippen molar-refractivity contribution < 1.29 is 14.0 Å². The van der Waals surface area contributed by atoms with Crippen molar-refractivity contribution in [3.8, 4) is 0 Å². The normalized spacial score (nSPS) is 14.2. The molecule has 1 aliphatic rings. The third kappa shape index (κ3) is 2.99. The van der Waals surface area contributed by atoms with Gasteiger partial charge in [-0.1, -0.05) is 48.5 Å². The Hall–Kier alpha value is -3.34. The molecule has 130 valence electrons. The molecule has 1 aromatic heterocycles. The minimum Gasteiger partial charge on any atom is -0.467 e. The van der Waals surface area contributed by atoms with Crippen LogP contribution in [0.4, 0.5) is 0 Å². The van der Waals surface area contributed by atoms with E-state index in [9.17, 15) is 9.59 Å². The minimum atomic E-state index is -0.689. The molecule has 0 bridgehead atoms. The summed E-state index contributed by atoms with van der Waals surface area (Å²) < 4.78 is 5.27. The number of carbonyl (C=O) groups is 2. The van der Waals surface area contributed by atoms with Crippen LogP contribution in [0.1, 0.15) is 33.3 Å². The maximum absolute atomic E-state index is 13.0. The van der Waals surface area contributed by atoms with E-state index in [1.807, 2.05) is 48.5 Å². The summed E-state index contributed by atoms with van der Waals surface area (Å²) in [5, 5.41) is 2.88. The number of hydrogen-bond acceptors (Lipinski definition) is 3. The molecule has 1 N–H and O–H groups in total. The highest BCUT2D eigenvalue weighted by Crippen LogP contribution is 2.31. The molecule has 0 fully saturated rings. The van der Waals surface area contributed by atoms with E-state index in [0.29, 0.717) is 17.9 Å². The SMILES string of the molecule is O=C(NCc1ccco1)[C@@H](c1ccccc1)N1Cc2ccccc2C1=O. The third-order valence-electron chi connectivity index (χ3n) is 4.54. The Morgan fingerprint density at radius 3 is 2.54 bits per heavy atom. The Bertz CT molecular complexity index is 919. The van der Waals surface area contributed by atoms with Crippen LogP contribution in [0.15, 0.2) is 77.4 Å². The fourth-order valence-corrected chi connectivity index (χ4v) is 3.28. The predicted molar refractivity (Wildman–Crippen MR) is 96.1 cm³/mol. The summed E-state index contributed by atoms with van der Waals surface area (Å²) in [6, 6.07) is 19.7. The molecule has 3 aromatic rings. The van der Waals surface area contributed by atoms with Crippen molar-refractivity contribution >= 4 is 11.8 Å². The van der Waals surface area contributed by atoms with E-state index in [-0.39, 0.29) is 18.4 Å². The van der Waals surface area contributed by atoms with Gasteiger partial charge in [0.15, 0.2) is 0 Å². The lowest BCUT2D eigenvalue weighted by atomic mass is 10.0. The van der Waals surface area contributed by atoms with Crippen molar-refractivity contribution in [3.05, 3.63) is 95.4 Å². The first-order chi connectivity index (χ1) is 12.7. The van der Waals surface area contributed by atoms with E-state index in [1.165, 1.54) is 0 Å². The predicted octanol–water partition coefficient (Wildman–Crippen LogP) is 3.29. The van der Waals surface area contributed by atoms with Gasteiger partial charge in [-0.2, -0.15) is 0 Å². The first-order valence-electron chi connectivity index (χ1n) is 8.48. The summed E-state index contributed by atoms with van der Waals surface area (Å²) in [4.78, 5) is 27.5. The molecule has 0 saturated carbocycles. The van der Waals surface area contributed by atoms with Gasteiger partial charge in [0.05, 0.1) is 12.8 Å². The number of amides is 2. The zero-order chi connectivity index (χ0) is 17.9. The highest BCUT2D eigenvalue weighted by atomic mass is 16.3. The molecule has 5 heteroatoms. The van der Waals surface area contributed by atoms with Crippen LogP contribution in [-0.2, 0) is 17.9 Å². The molecule has 1 aliphatic heterocycles. The van der Waals surface area contributed by atoms with Crippen molar-refractivity contribution in [2.45, 2.75) is 19.1 Å². The molecule has 2 aromatic carbocycles. The molecule has 26 heavy (non-hydrogen) atoms. The number of rotatable bonds is 5. The van der Waals surface area contributed by atoms with E-state index in [0.717, 1.165) is 11.1 Å². The Balaban J connectivity index is 1.62. The van der Waals surface area contributed by atoms with Crippen LogP contribution in [0.3, 0.4) is 0 Å². The van der Waals surface area contributed by atoms with Gasteiger partial charge in [0, 0.05) is 12.1 Å². The monoisotopic (exact) mass is 346 g/mol. The summed E-state index contributed by atoms with van der Waals surface area (Å²) in [6.45, 7) is 0.701. The Morgan fingerprint density at radius 2 is 1.81 bits per heavy atom. The summed E-state index contributed by atoms with van der Waals surface area (Å²) in [5.74, 6) is 0.317. The van der Waals surface area contributed by atoms with Crippen molar-refractivity contribution in [1.29, 1.82) is 0 Å². The van der Waals surface area contributed by atoms with Crippen LogP contribution >= 0.6 is 0 Å². The molecule has 5 nitrogen and oxygen atoms in total. The number of benzene rings is 2. The Kier molecular flexibility index (Phi) is 4.27. The third-order valence-corrected chi connectivity index (χ3v) is 4.54. The average molecular weight is 346 g/mol. The number of carbonyl (C=O) groups excluding carboxylic acids is 2. The second kappa shape index (κ2) is 6.88.